The van der Waals surface area contributed by atoms with E-state index in [1.54, 1.807) is 19.1 Å². The molecule has 4 nitrogen and oxygen atoms in total. The van der Waals surface area contributed by atoms with E-state index >= 15 is 0 Å². The van der Waals surface area contributed by atoms with Gasteiger partial charge in [0.25, 0.3) is 0 Å². The highest BCUT2D eigenvalue weighted by Gasteiger charge is 2.13. The maximum absolute atomic E-state index is 13.1. The Hall–Kier alpha value is -1.46. The number of amides is 1. The van der Waals surface area contributed by atoms with Crippen molar-refractivity contribution < 1.29 is 14.3 Å². The molecule has 1 aromatic carbocycles. The molecule has 0 atom stereocenters. The SMILES string of the molecule is Cc1cc(CNC(=O)CN(CCO)C(C)C)ccc1F. The van der Waals surface area contributed by atoms with Gasteiger partial charge in [-0.3, -0.25) is 9.69 Å². The van der Waals surface area contributed by atoms with Gasteiger partial charge in [0.1, 0.15) is 5.82 Å². The van der Waals surface area contributed by atoms with Crippen molar-refractivity contribution in [3.63, 3.8) is 0 Å². The number of aliphatic hydroxyl groups excluding tert-OH is 1. The fraction of sp³-hybridized carbons (Fsp3) is 0.533. The Bertz CT molecular complexity index is 449. The van der Waals surface area contributed by atoms with Gasteiger partial charge < -0.3 is 10.4 Å². The van der Waals surface area contributed by atoms with E-state index in [1.807, 2.05) is 18.7 Å². The summed E-state index contributed by atoms with van der Waals surface area (Å²) in [7, 11) is 0. The molecule has 2 N–H and O–H groups in total. The van der Waals surface area contributed by atoms with Gasteiger partial charge in [-0.05, 0) is 38.0 Å². The fourth-order valence-electron chi connectivity index (χ4n) is 1.91. The van der Waals surface area contributed by atoms with Crippen molar-refractivity contribution in [2.75, 3.05) is 19.7 Å². The lowest BCUT2D eigenvalue weighted by molar-refractivity contribution is -0.122. The first-order valence-corrected chi connectivity index (χ1v) is 6.80. The second-order valence-corrected chi connectivity index (χ2v) is 5.15. The highest BCUT2D eigenvalue weighted by molar-refractivity contribution is 5.78. The van der Waals surface area contributed by atoms with Crippen LogP contribution in [-0.2, 0) is 11.3 Å². The van der Waals surface area contributed by atoms with Crippen LogP contribution in [0.1, 0.15) is 25.0 Å². The van der Waals surface area contributed by atoms with Crippen LogP contribution in [0.3, 0.4) is 0 Å². The second-order valence-electron chi connectivity index (χ2n) is 5.15. The molecular formula is C15H23FN2O2. The predicted molar refractivity (Wildman–Crippen MR) is 76.8 cm³/mol. The molecule has 0 aliphatic rings. The van der Waals surface area contributed by atoms with Crippen molar-refractivity contribution >= 4 is 5.91 Å². The molecule has 1 aromatic rings. The third-order valence-electron chi connectivity index (χ3n) is 3.18. The molecule has 0 fully saturated rings. The first-order valence-electron chi connectivity index (χ1n) is 6.80. The average Bonchev–Trinajstić information content (AvgIpc) is 2.39. The van der Waals surface area contributed by atoms with E-state index in [1.165, 1.54) is 6.07 Å². The van der Waals surface area contributed by atoms with Gasteiger partial charge in [-0.1, -0.05) is 12.1 Å². The van der Waals surface area contributed by atoms with Crippen molar-refractivity contribution in [2.24, 2.45) is 0 Å². The average molecular weight is 282 g/mol. The summed E-state index contributed by atoms with van der Waals surface area (Å²) in [6.45, 7) is 6.79. The molecule has 0 heterocycles. The topological polar surface area (TPSA) is 52.6 Å². The van der Waals surface area contributed by atoms with Crippen molar-refractivity contribution in [1.82, 2.24) is 10.2 Å². The Morgan fingerprint density at radius 1 is 1.45 bits per heavy atom. The zero-order valence-electron chi connectivity index (χ0n) is 12.3. The molecule has 112 valence electrons. The molecule has 0 bridgehead atoms. The number of nitrogens with zero attached hydrogens (tertiary/aromatic N) is 1. The Morgan fingerprint density at radius 3 is 2.70 bits per heavy atom. The van der Waals surface area contributed by atoms with Crippen LogP contribution < -0.4 is 5.32 Å². The Labute approximate surface area is 119 Å². The summed E-state index contributed by atoms with van der Waals surface area (Å²) in [5.74, 6) is -0.344. The van der Waals surface area contributed by atoms with E-state index in [0.29, 0.717) is 18.7 Å². The van der Waals surface area contributed by atoms with Crippen LogP contribution in [0.25, 0.3) is 0 Å². The van der Waals surface area contributed by atoms with Gasteiger partial charge in [0, 0.05) is 19.1 Å². The number of nitrogens with one attached hydrogen (secondary N) is 1. The number of rotatable bonds is 7. The van der Waals surface area contributed by atoms with Crippen LogP contribution >= 0.6 is 0 Å². The Balaban J connectivity index is 2.48. The minimum atomic E-state index is -0.242. The lowest BCUT2D eigenvalue weighted by Crippen LogP contribution is -2.42. The summed E-state index contributed by atoms with van der Waals surface area (Å²) in [4.78, 5) is 13.7. The monoisotopic (exact) mass is 282 g/mol. The first-order chi connectivity index (χ1) is 9.43. The molecule has 1 amide bonds. The fourth-order valence-corrected chi connectivity index (χ4v) is 1.91. The van der Waals surface area contributed by atoms with Gasteiger partial charge in [0.2, 0.25) is 5.91 Å². The molecule has 0 unspecified atom stereocenters. The maximum Gasteiger partial charge on any atom is 0.234 e. The van der Waals surface area contributed by atoms with E-state index in [2.05, 4.69) is 5.32 Å². The summed E-state index contributed by atoms with van der Waals surface area (Å²) >= 11 is 0. The second kappa shape index (κ2) is 7.97. The minimum absolute atomic E-state index is 0.0304. The lowest BCUT2D eigenvalue weighted by atomic mass is 10.1. The Morgan fingerprint density at radius 2 is 2.15 bits per heavy atom. The zero-order chi connectivity index (χ0) is 15.1. The van der Waals surface area contributed by atoms with Crippen molar-refractivity contribution in [2.45, 2.75) is 33.4 Å². The number of carbonyl (C=O) groups is 1. The third-order valence-corrected chi connectivity index (χ3v) is 3.18. The summed E-state index contributed by atoms with van der Waals surface area (Å²) in [6.07, 6.45) is 0. The highest BCUT2D eigenvalue weighted by Crippen LogP contribution is 2.08. The van der Waals surface area contributed by atoms with Crippen LogP contribution in [0.4, 0.5) is 4.39 Å². The number of aliphatic hydroxyl groups is 1. The lowest BCUT2D eigenvalue weighted by Gasteiger charge is -2.24. The predicted octanol–water partition coefficient (Wildman–Crippen LogP) is 1.45. The number of aryl methyl sites for hydroxylation is 1. The Kier molecular flexibility index (Phi) is 6.61. The highest BCUT2D eigenvalue weighted by atomic mass is 19.1. The summed E-state index contributed by atoms with van der Waals surface area (Å²) in [5.41, 5.74) is 1.44. The summed E-state index contributed by atoms with van der Waals surface area (Å²) in [5, 5.41) is 11.8. The first kappa shape index (κ1) is 16.6. The molecule has 0 radical (unpaired) electrons. The molecule has 0 saturated carbocycles. The quantitative estimate of drug-likeness (QED) is 0.796. The van der Waals surface area contributed by atoms with Gasteiger partial charge in [-0.15, -0.1) is 0 Å². The largest absolute Gasteiger partial charge is 0.395 e. The minimum Gasteiger partial charge on any atom is -0.395 e. The van der Waals surface area contributed by atoms with E-state index in [9.17, 15) is 9.18 Å². The third kappa shape index (κ3) is 5.27. The van der Waals surface area contributed by atoms with Crippen LogP contribution in [-0.4, -0.2) is 41.7 Å². The molecule has 0 spiro atoms. The normalized spacial score (nSPS) is 11.2. The number of hydrogen-bond donors (Lipinski definition) is 2. The molecule has 1 rings (SSSR count). The number of halogens is 1. The zero-order valence-corrected chi connectivity index (χ0v) is 12.3. The van der Waals surface area contributed by atoms with E-state index in [0.717, 1.165) is 5.56 Å². The standard InChI is InChI=1S/C15H23FN2O2/c1-11(2)18(6-7-19)10-15(20)17-9-13-4-5-14(16)12(3)8-13/h4-5,8,11,19H,6-7,9-10H2,1-3H3,(H,17,20). The van der Waals surface area contributed by atoms with Gasteiger partial charge in [-0.2, -0.15) is 0 Å². The van der Waals surface area contributed by atoms with Gasteiger partial charge >= 0.3 is 0 Å². The maximum atomic E-state index is 13.1. The molecule has 5 heteroatoms. The van der Waals surface area contributed by atoms with Crippen LogP contribution in [0.15, 0.2) is 18.2 Å². The van der Waals surface area contributed by atoms with Gasteiger partial charge in [-0.25, -0.2) is 4.39 Å². The summed E-state index contributed by atoms with van der Waals surface area (Å²) in [6, 6.07) is 4.99. The van der Waals surface area contributed by atoms with Crippen LogP contribution in [0.5, 0.6) is 0 Å². The van der Waals surface area contributed by atoms with E-state index in [-0.39, 0.29) is 30.9 Å². The molecule has 0 aromatic heterocycles. The van der Waals surface area contributed by atoms with Crippen molar-refractivity contribution in [3.8, 4) is 0 Å². The number of hydrogen-bond acceptors (Lipinski definition) is 3. The molecular weight excluding hydrogens is 259 g/mol. The van der Waals surface area contributed by atoms with Crippen LogP contribution in [0.2, 0.25) is 0 Å². The van der Waals surface area contributed by atoms with Crippen molar-refractivity contribution in [3.05, 3.63) is 35.1 Å². The number of benzene rings is 1. The van der Waals surface area contributed by atoms with E-state index < -0.39 is 0 Å². The molecule has 0 aliphatic carbocycles. The van der Waals surface area contributed by atoms with Gasteiger partial charge in [0.15, 0.2) is 0 Å². The molecule has 0 aliphatic heterocycles. The summed E-state index contributed by atoms with van der Waals surface area (Å²) < 4.78 is 13.1. The molecule has 20 heavy (non-hydrogen) atoms. The smallest absolute Gasteiger partial charge is 0.234 e. The number of carbonyl (C=O) groups excluding carboxylic acids is 1. The van der Waals surface area contributed by atoms with Gasteiger partial charge in [0.05, 0.1) is 13.2 Å². The van der Waals surface area contributed by atoms with Crippen molar-refractivity contribution in [1.29, 1.82) is 0 Å². The molecule has 0 saturated heterocycles. The van der Waals surface area contributed by atoms with E-state index in [4.69, 9.17) is 5.11 Å². The van der Waals surface area contributed by atoms with Crippen LogP contribution in [0, 0.1) is 12.7 Å².